The number of benzene rings is 3. The highest BCUT2D eigenvalue weighted by atomic mass is 16.5. The van der Waals surface area contributed by atoms with Gasteiger partial charge in [-0.05, 0) is 36.8 Å². The Labute approximate surface area is 177 Å². The first-order chi connectivity index (χ1) is 14.6. The Bertz CT molecular complexity index is 1060. The SMILES string of the molecule is COc1ccc(OC)c([C@@H]2N=C(c3ccc(C)cc3)C[C@@H](c3ccccc3O)N2)c1. The molecule has 3 aromatic rings. The van der Waals surface area contributed by atoms with Crippen LogP contribution in [0.3, 0.4) is 0 Å². The summed E-state index contributed by atoms with van der Waals surface area (Å²) in [5, 5.41) is 14.1. The Morgan fingerprint density at radius 1 is 0.933 bits per heavy atom. The van der Waals surface area contributed by atoms with E-state index in [-0.39, 0.29) is 18.0 Å². The fraction of sp³-hybridized carbons (Fsp3) is 0.240. The molecule has 5 nitrogen and oxygen atoms in total. The van der Waals surface area contributed by atoms with Gasteiger partial charge in [-0.25, -0.2) is 0 Å². The summed E-state index contributed by atoms with van der Waals surface area (Å²) in [5.41, 5.74) is 5.01. The molecule has 0 unspecified atom stereocenters. The van der Waals surface area contributed by atoms with Crippen molar-refractivity contribution < 1.29 is 14.6 Å². The Morgan fingerprint density at radius 2 is 1.70 bits per heavy atom. The fourth-order valence-electron chi connectivity index (χ4n) is 3.82. The molecule has 0 aromatic heterocycles. The predicted octanol–water partition coefficient (Wildman–Crippen LogP) is 4.94. The summed E-state index contributed by atoms with van der Waals surface area (Å²) < 4.78 is 11.0. The number of aliphatic imine (C=N–C) groups is 1. The minimum Gasteiger partial charge on any atom is -0.508 e. The molecule has 0 aliphatic carbocycles. The van der Waals surface area contributed by atoms with E-state index in [2.05, 4.69) is 36.5 Å². The maximum Gasteiger partial charge on any atom is 0.130 e. The number of phenols is 1. The van der Waals surface area contributed by atoms with Gasteiger partial charge < -0.3 is 14.6 Å². The molecule has 0 amide bonds. The first kappa shape index (κ1) is 20.0. The Balaban J connectivity index is 1.81. The second kappa shape index (κ2) is 8.59. The number of rotatable bonds is 5. The van der Waals surface area contributed by atoms with Crippen LogP contribution in [0.25, 0.3) is 0 Å². The molecule has 1 heterocycles. The maximum absolute atomic E-state index is 10.5. The molecule has 30 heavy (non-hydrogen) atoms. The van der Waals surface area contributed by atoms with Crippen LogP contribution in [0.1, 0.15) is 40.9 Å². The molecule has 3 aromatic carbocycles. The highest BCUT2D eigenvalue weighted by molar-refractivity contribution is 6.01. The van der Waals surface area contributed by atoms with Crippen molar-refractivity contribution in [2.45, 2.75) is 25.6 Å². The first-order valence-electron chi connectivity index (χ1n) is 9.98. The highest BCUT2D eigenvalue weighted by Crippen LogP contribution is 2.38. The van der Waals surface area contributed by atoms with Gasteiger partial charge in [0, 0.05) is 29.3 Å². The molecule has 1 aliphatic rings. The van der Waals surface area contributed by atoms with E-state index in [1.165, 1.54) is 5.56 Å². The summed E-state index contributed by atoms with van der Waals surface area (Å²) in [6.45, 7) is 2.07. The van der Waals surface area contributed by atoms with Crippen LogP contribution in [-0.2, 0) is 0 Å². The van der Waals surface area contributed by atoms with Gasteiger partial charge in [0.2, 0.25) is 0 Å². The lowest BCUT2D eigenvalue weighted by molar-refractivity contribution is 0.374. The van der Waals surface area contributed by atoms with E-state index in [0.29, 0.717) is 6.42 Å². The molecule has 5 heteroatoms. The summed E-state index contributed by atoms with van der Waals surface area (Å²) in [6, 6.07) is 21.4. The summed E-state index contributed by atoms with van der Waals surface area (Å²) in [5.74, 6) is 1.75. The molecule has 0 fully saturated rings. The molecule has 0 bridgehead atoms. The topological polar surface area (TPSA) is 63.1 Å². The van der Waals surface area contributed by atoms with Crippen molar-refractivity contribution in [3.05, 3.63) is 89.0 Å². The summed E-state index contributed by atoms with van der Waals surface area (Å²) in [6.07, 6.45) is 0.327. The van der Waals surface area contributed by atoms with Crippen LogP contribution in [0.5, 0.6) is 17.2 Å². The molecule has 0 spiro atoms. The number of methoxy groups -OCH3 is 2. The fourth-order valence-corrected chi connectivity index (χ4v) is 3.82. The largest absolute Gasteiger partial charge is 0.508 e. The van der Waals surface area contributed by atoms with Crippen molar-refractivity contribution in [3.8, 4) is 17.2 Å². The van der Waals surface area contributed by atoms with Crippen LogP contribution in [-0.4, -0.2) is 25.0 Å². The third kappa shape index (κ3) is 4.02. The molecule has 2 atom stereocenters. The molecule has 0 radical (unpaired) electrons. The maximum atomic E-state index is 10.5. The van der Waals surface area contributed by atoms with Crippen LogP contribution in [0.2, 0.25) is 0 Å². The highest BCUT2D eigenvalue weighted by Gasteiger charge is 2.29. The van der Waals surface area contributed by atoms with E-state index >= 15 is 0 Å². The quantitative estimate of drug-likeness (QED) is 0.634. The molecular formula is C25H26N2O3. The third-order valence-electron chi connectivity index (χ3n) is 5.47. The van der Waals surface area contributed by atoms with Crippen LogP contribution >= 0.6 is 0 Å². The average Bonchev–Trinajstić information content (AvgIpc) is 2.79. The lowest BCUT2D eigenvalue weighted by Gasteiger charge is -2.31. The number of aromatic hydroxyl groups is 1. The van der Waals surface area contributed by atoms with E-state index in [4.69, 9.17) is 14.5 Å². The second-order valence-electron chi connectivity index (χ2n) is 7.43. The number of nitrogens with one attached hydrogen (secondary N) is 1. The minimum absolute atomic E-state index is 0.0964. The first-order valence-corrected chi connectivity index (χ1v) is 9.98. The Kier molecular flexibility index (Phi) is 5.72. The molecule has 1 aliphatic heterocycles. The van der Waals surface area contributed by atoms with E-state index in [9.17, 15) is 5.11 Å². The number of hydrogen-bond acceptors (Lipinski definition) is 5. The zero-order chi connectivity index (χ0) is 21.1. The number of para-hydroxylation sites is 1. The zero-order valence-electron chi connectivity index (χ0n) is 17.4. The summed E-state index contributed by atoms with van der Waals surface area (Å²) >= 11 is 0. The predicted molar refractivity (Wildman–Crippen MR) is 119 cm³/mol. The summed E-state index contributed by atoms with van der Waals surface area (Å²) in [7, 11) is 3.30. The second-order valence-corrected chi connectivity index (χ2v) is 7.43. The van der Waals surface area contributed by atoms with Crippen LogP contribution in [0.15, 0.2) is 71.7 Å². The third-order valence-corrected chi connectivity index (χ3v) is 5.47. The van der Waals surface area contributed by atoms with Gasteiger partial charge in [0.25, 0.3) is 0 Å². The van der Waals surface area contributed by atoms with Crippen molar-refractivity contribution in [2.75, 3.05) is 14.2 Å². The van der Waals surface area contributed by atoms with Gasteiger partial charge in [0.15, 0.2) is 0 Å². The van der Waals surface area contributed by atoms with E-state index in [1.807, 2.05) is 36.4 Å². The standard InChI is InChI=1S/C25H26N2O3/c1-16-8-10-17(11-9-16)21-15-22(19-6-4-5-7-23(19)28)27-25(26-21)20-14-18(29-2)12-13-24(20)30-3/h4-14,22,25,27-28H,15H2,1-3H3/t22-,25+/m0/s1. The van der Waals surface area contributed by atoms with Gasteiger partial charge in [-0.15, -0.1) is 0 Å². The van der Waals surface area contributed by atoms with Gasteiger partial charge in [-0.3, -0.25) is 10.3 Å². The normalized spacial score (nSPS) is 18.6. The number of ether oxygens (including phenoxy) is 2. The van der Waals surface area contributed by atoms with E-state index in [0.717, 1.165) is 33.9 Å². The lowest BCUT2D eigenvalue weighted by atomic mass is 9.93. The molecule has 4 rings (SSSR count). The van der Waals surface area contributed by atoms with Gasteiger partial charge in [-0.2, -0.15) is 0 Å². The average molecular weight is 402 g/mol. The smallest absolute Gasteiger partial charge is 0.130 e. The van der Waals surface area contributed by atoms with Gasteiger partial charge >= 0.3 is 0 Å². The van der Waals surface area contributed by atoms with Gasteiger partial charge in [-0.1, -0.05) is 48.0 Å². The number of phenolic OH excluding ortho intramolecular Hbond substituents is 1. The van der Waals surface area contributed by atoms with Crippen molar-refractivity contribution in [1.82, 2.24) is 5.32 Å². The number of hydrogen-bond donors (Lipinski definition) is 2. The Hall–Kier alpha value is -3.31. The van der Waals surface area contributed by atoms with Crippen LogP contribution < -0.4 is 14.8 Å². The van der Waals surface area contributed by atoms with Crippen molar-refractivity contribution in [3.63, 3.8) is 0 Å². The van der Waals surface area contributed by atoms with Gasteiger partial charge in [0.1, 0.15) is 23.4 Å². The van der Waals surface area contributed by atoms with Crippen molar-refractivity contribution in [1.29, 1.82) is 0 Å². The molecule has 0 saturated carbocycles. The molecule has 2 N–H and O–H groups in total. The Morgan fingerprint density at radius 3 is 2.40 bits per heavy atom. The van der Waals surface area contributed by atoms with Gasteiger partial charge in [0.05, 0.1) is 14.2 Å². The lowest BCUT2D eigenvalue weighted by Crippen LogP contribution is -2.33. The monoisotopic (exact) mass is 402 g/mol. The number of nitrogens with zero attached hydrogens (tertiary/aromatic N) is 1. The number of aryl methyl sites for hydroxylation is 1. The molecular weight excluding hydrogens is 376 g/mol. The van der Waals surface area contributed by atoms with Crippen molar-refractivity contribution in [2.24, 2.45) is 4.99 Å². The van der Waals surface area contributed by atoms with E-state index < -0.39 is 0 Å². The molecule has 154 valence electrons. The summed E-state index contributed by atoms with van der Waals surface area (Å²) in [4.78, 5) is 5.03. The van der Waals surface area contributed by atoms with Crippen LogP contribution in [0, 0.1) is 6.92 Å². The zero-order valence-corrected chi connectivity index (χ0v) is 17.4. The molecule has 0 saturated heterocycles. The van der Waals surface area contributed by atoms with E-state index in [1.54, 1.807) is 20.3 Å². The van der Waals surface area contributed by atoms with Crippen LogP contribution in [0.4, 0.5) is 0 Å². The minimum atomic E-state index is -0.343. The van der Waals surface area contributed by atoms with Crippen molar-refractivity contribution >= 4 is 5.71 Å².